The van der Waals surface area contributed by atoms with E-state index >= 15 is 0 Å². The molecule has 362 valence electrons. The lowest BCUT2D eigenvalue weighted by atomic mass is 10.0. The Labute approximate surface area is 380 Å². The first-order chi connectivity index (χ1) is 29.7. The minimum absolute atomic E-state index is 0.0632. The van der Waals surface area contributed by atoms with Gasteiger partial charge in [0, 0.05) is 19.3 Å². The molecule has 0 radical (unpaired) electrons. The van der Waals surface area contributed by atoms with Crippen molar-refractivity contribution >= 4 is 17.9 Å². The predicted molar refractivity (Wildman–Crippen MR) is 261 cm³/mol. The van der Waals surface area contributed by atoms with Crippen LogP contribution in [0.4, 0.5) is 0 Å². The first-order valence-electron chi connectivity index (χ1n) is 27.2. The third kappa shape index (κ3) is 49.3. The summed E-state index contributed by atoms with van der Waals surface area (Å²) in [6.07, 6.45) is 49.4. The standard InChI is InChI=1S/C55H106O6/c1-6-7-8-9-10-11-12-13-14-15-19-25-30-35-40-45-53(56)59-48-52(49-60-54(57)46-41-36-31-26-22-21-24-29-34-39-44-51(4)5)61-55(58)47-42-37-32-27-20-17-16-18-23-28-33-38-43-50(2)3/h50-52H,6-49H2,1-5H3/t52-/m1/s1. The maximum atomic E-state index is 12.8. The summed E-state index contributed by atoms with van der Waals surface area (Å²) in [6.45, 7) is 11.4. The number of ether oxygens (including phenoxy) is 3. The van der Waals surface area contributed by atoms with Crippen LogP contribution in [0.3, 0.4) is 0 Å². The van der Waals surface area contributed by atoms with Crippen LogP contribution in [0.1, 0.15) is 304 Å². The highest BCUT2D eigenvalue weighted by Gasteiger charge is 2.19. The second-order valence-electron chi connectivity index (χ2n) is 19.8. The summed E-state index contributed by atoms with van der Waals surface area (Å²) in [5.41, 5.74) is 0. The molecule has 6 nitrogen and oxygen atoms in total. The fraction of sp³-hybridized carbons (Fsp3) is 0.945. The third-order valence-electron chi connectivity index (χ3n) is 12.5. The molecule has 0 amide bonds. The van der Waals surface area contributed by atoms with E-state index in [1.54, 1.807) is 0 Å². The summed E-state index contributed by atoms with van der Waals surface area (Å²) in [5, 5.41) is 0. The van der Waals surface area contributed by atoms with Gasteiger partial charge in [0.1, 0.15) is 13.2 Å². The van der Waals surface area contributed by atoms with Crippen LogP contribution in [0, 0.1) is 11.8 Å². The Bertz CT molecular complexity index is 931. The molecule has 0 fully saturated rings. The van der Waals surface area contributed by atoms with Crippen molar-refractivity contribution < 1.29 is 28.6 Å². The molecule has 0 unspecified atom stereocenters. The van der Waals surface area contributed by atoms with E-state index in [2.05, 4.69) is 34.6 Å². The fourth-order valence-corrected chi connectivity index (χ4v) is 8.34. The average Bonchev–Trinajstić information content (AvgIpc) is 3.23. The van der Waals surface area contributed by atoms with Gasteiger partial charge in [-0.15, -0.1) is 0 Å². The molecule has 0 aliphatic rings. The van der Waals surface area contributed by atoms with Crippen LogP contribution in [0.5, 0.6) is 0 Å². The molecule has 0 saturated heterocycles. The molecule has 0 aromatic heterocycles. The largest absolute Gasteiger partial charge is 0.462 e. The number of hydrogen-bond acceptors (Lipinski definition) is 6. The summed E-state index contributed by atoms with van der Waals surface area (Å²) in [7, 11) is 0. The Morgan fingerprint density at radius 2 is 0.541 bits per heavy atom. The molecule has 0 bridgehead atoms. The van der Waals surface area contributed by atoms with E-state index in [9.17, 15) is 14.4 Å². The summed E-state index contributed by atoms with van der Waals surface area (Å²) >= 11 is 0. The fourth-order valence-electron chi connectivity index (χ4n) is 8.34. The molecule has 61 heavy (non-hydrogen) atoms. The van der Waals surface area contributed by atoms with Gasteiger partial charge in [0.2, 0.25) is 0 Å². The van der Waals surface area contributed by atoms with E-state index in [0.717, 1.165) is 69.6 Å². The highest BCUT2D eigenvalue weighted by Crippen LogP contribution is 2.18. The predicted octanol–water partition coefficient (Wildman–Crippen LogP) is 17.7. The molecular formula is C55H106O6. The Morgan fingerprint density at radius 1 is 0.311 bits per heavy atom. The molecule has 0 spiro atoms. The summed E-state index contributed by atoms with van der Waals surface area (Å²) in [6, 6.07) is 0. The van der Waals surface area contributed by atoms with Gasteiger partial charge in [-0.1, -0.05) is 266 Å². The Hall–Kier alpha value is -1.59. The number of unbranched alkanes of at least 4 members (excludes halogenated alkanes) is 34. The molecule has 0 aliphatic carbocycles. The monoisotopic (exact) mass is 863 g/mol. The van der Waals surface area contributed by atoms with E-state index in [4.69, 9.17) is 14.2 Å². The van der Waals surface area contributed by atoms with Crippen LogP contribution in [-0.2, 0) is 28.6 Å². The maximum absolute atomic E-state index is 12.8. The van der Waals surface area contributed by atoms with Gasteiger partial charge in [-0.3, -0.25) is 14.4 Å². The zero-order chi connectivity index (χ0) is 44.7. The zero-order valence-electron chi connectivity index (χ0n) is 41.8. The molecule has 0 saturated carbocycles. The molecule has 6 heteroatoms. The molecule has 1 atom stereocenters. The van der Waals surface area contributed by atoms with Gasteiger partial charge in [0.25, 0.3) is 0 Å². The third-order valence-corrected chi connectivity index (χ3v) is 12.5. The molecule has 0 N–H and O–H groups in total. The van der Waals surface area contributed by atoms with Gasteiger partial charge in [-0.25, -0.2) is 0 Å². The molecule has 0 aromatic rings. The van der Waals surface area contributed by atoms with Crippen molar-refractivity contribution in [2.24, 2.45) is 11.8 Å². The highest BCUT2D eigenvalue weighted by atomic mass is 16.6. The SMILES string of the molecule is CCCCCCCCCCCCCCCCCC(=O)OC[C@H](COC(=O)CCCCCCCCCCCCC(C)C)OC(=O)CCCCCCCCCCCCCCC(C)C. The first kappa shape index (κ1) is 59.4. The lowest BCUT2D eigenvalue weighted by Crippen LogP contribution is -2.30. The topological polar surface area (TPSA) is 78.9 Å². The van der Waals surface area contributed by atoms with Crippen LogP contribution in [0.15, 0.2) is 0 Å². The molecule has 0 aromatic carbocycles. The number of carbonyl (C=O) groups excluding carboxylic acids is 3. The molecule has 0 heterocycles. The Morgan fingerprint density at radius 3 is 0.803 bits per heavy atom. The maximum Gasteiger partial charge on any atom is 0.306 e. The van der Waals surface area contributed by atoms with Crippen LogP contribution in [0.25, 0.3) is 0 Å². The van der Waals surface area contributed by atoms with Gasteiger partial charge >= 0.3 is 17.9 Å². The van der Waals surface area contributed by atoms with Gasteiger partial charge in [0.05, 0.1) is 0 Å². The number of esters is 3. The smallest absolute Gasteiger partial charge is 0.306 e. The average molecular weight is 863 g/mol. The number of carbonyl (C=O) groups is 3. The van der Waals surface area contributed by atoms with Crippen LogP contribution in [0.2, 0.25) is 0 Å². The Balaban J connectivity index is 4.31. The second kappa shape index (κ2) is 47.9. The van der Waals surface area contributed by atoms with Crippen molar-refractivity contribution in [3.05, 3.63) is 0 Å². The van der Waals surface area contributed by atoms with E-state index in [1.165, 1.54) is 193 Å². The van der Waals surface area contributed by atoms with Gasteiger partial charge in [0.15, 0.2) is 6.10 Å². The summed E-state index contributed by atoms with van der Waals surface area (Å²) < 4.78 is 16.8. The van der Waals surface area contributed by atoms with Crippen molar-refractivity contribution in [3.63, 3.8) is 0 Å². The quantitative estimate of drug-likeness (QED) is 0.0344. The van der Waals surface area contributed by atoms with Crippen molar-refractivity contribution in [1.82, 2.24) is 0 Å². The second-order valence-corrected chi connectivity index (χ2v) is 19.8. The van der Waals surface area contributed by atoms with Gasteiger partial charge in [-0.05, 0) is 31.1 Å². The first-order valence-corrected chi connectivity index (χ1v) is 27.2. The normalized spacial score (nSPS) is 12.0. The minimum Gasteiger partial charge on any atom is -0.462 e. The number of hydrogen-bond donors (Lipinski definition) is 0. The Kier molecular flexibility index (Phi) is 46.6. The van der Waals surface area contributed by atoms with Crippen LogP contribution in [-0.4, -0.2) is 37.2 Å². The van der Waals surface area contributed by atoms with Crippen LogP contribution >= 0.6 is 0 Å². The van der Waals surface area contributed by atoms with Crippen LogP contribution < -0.4 is 0 Å². The van der Waals surface area contributed by atoms with E-state index in [0.29, 0.717) is 19.3 Å². The van der Waals surface area contributed by atoms with Crippen molar-refractivity contribution in [2.45, 2.75) is 310 Å². The van der Waals surface area contributed by atoms with Gasteiger partial charge in [-0.2, -0.15) is 0 Å². The molecular weight excluding hydrogens is 757 g/mol. The van der Waals surface area contributed by atoms with Crippen molar-refractivity contribution in [3.8, 4) is 0 Å². The molecule has 0 aliphatic heterocycles. The van der Waals surface area contributed by atoms with E-state index in [-0.39, 0.29) is 31.1 Å². The van der Waals surface area contributed by atoms with E-state index in [1.807, 2.05) is 0 Å². The highest BCUT2D eigenvalue weighted by molar-refractivity contribution is 5.71. The number of rotatable bonds is 49. The van der Waals surface area contributed by atoms with Crippen molar-refractivity contribution in [2.75, 3.05) is 13.2 Å². The lowest BCUT2D eigenvalue weighted by molar-refractivity contribution is -0.167. The lowest BCUT2D eigenvalue weighted by Gasteiger charge is -2.18. The van der Waals surface area contributed by atoms with E-state index < -0.39 is 6.10 Å². The summed E-state index contributed by atoms with van der Waals surface area (Å²) in [4.78, 5) is 38.0. The zero-order valence-corrected chi connectivity index (χ0v) is 41.8. The molecule has 0 rings (SSSR count). The van der Waals surface area contributed by atoms with Gasteiger partial charge < -0.3 is 14.2 Å². The summed E-state index contributed by atoms with van der Waals surface area (Å²) in [5.74, 6) is 0.806. The van der Waals surface area contributed by atoms with Crippen molar-refractivity contribution in [1.29, 1.82) is 0 Å². The minimum atomic E-state index is -0.762.